The Morgan fingerprint density at radius 2 is 2.16 bits per heavy atom. The molecule has 25 heavy (non-hydrogen) atoms. The zero-order valence-corrected chi connectivity index (χ0v) is 14.2. The number of piperidine rings is 1. The van der Waals surface area contributed by atoms with Gasteiger partial charge in [0.25, 0.3) is 0 Å². The first-order chi connectivity index (χ1) is 12.3. The van der Waals surface area contributed by atoms with Gasteiger partial charge in [0, 0.05) is 31.9 Å². The summed E-state index contributed by atoms with van der Waals surface area (Å²) in [5.41, 5.74) is 3.07. The molecule has 3 aromatic rings. The number of hydrogen-bond acceptors (Lipinski definition) is 3. The third-order valence-corrected chi connectivity index (χ3v) is 4.87. The van der Waals surface area contributed by atoms with Crippen molar-refractivity contribution in [1.29, 1.82) is 0 Å². The van der Waals surface area contributed by atoms with Crippen molar-refractivity contribution in [3.05, 3.63) is 60.2 Å². The van der Waals surface area contributed by atoms with Crippen LogP contribution in [0.3, 0.4) is 0 Å². The number of H-pyrrole nitrogens is 1. The first-order valence-electron chi connectivity index (χ1n) is 8.88. The molecule has 1 atom stereocenters. The van der Waals surface area contributed by atoms with Crippen molar-refractivity contribution in [2.24, 2.45) is 5.92 Å². The number of nitrogens with one attached hydrogen (secondary N) is 1. The van der Waals surface area contributed by atoms with Crippen LogP contribution < -0.4 is 0 Å². The van der Waals surface area contributed by atoms with Gasteiger partial charge in [0.15, 0.2) is 0 Å². The fourth-order valence-corrected chi connectivity index (χ4v) is 3.62. The fourth-order valence-electron chi connectivity index (χ4n) is 3.62. The summed E-state index contributed by atoms with van der Waals surface area (Å²) in [6.07, 6.45) is 7.04. The number of fused-ring (bicyclic) bond motifs is 1. The number of likely N-dealkylation sites (tertiary alicyclic amines) is 1. The van der Waals surface area contributed by atoms with E-state index in [1.165, 1.54) is 0 Å². The van der Waals surface area contributed by atoms with Crippen molar-refractivity contribution < 1.29 is 4.79 Å². The number of aromatic nitrogens is 3. The van der Waals surface area contributed by atoms with E-state index in [1.807, 2.05) is 35.2 Å². The van der Waals surface area contributed by atoms with Crippen LogP contribution >= 0.6 is 0 Å². The molecule has 3 heterocycles. The number of nitrogens with zero attached hydrogens (tertiary/aromatic N) is 3. The number of amides is 1. The quantitative estimate of drug-likeness (QED) is 0.798. The zero-order chi connectivity index (χ0) is 17.1. The Morgan fingerprint density at radius 3 is 3.00 bits per heavy atom. The van der Waals surface area contributed by atoms with Gasteiger partial charge in [0.05, 0.1) is 17.5 Å². The van der Waals surface area contributed by atoms with Crippen LogP contribution in [-0.2, 0) is 17.6 Å². The minimum Gasteiger partial charge on any atom is -0.342 e. The Bertz CT molecular complexity index is 825. The Balaban J connectivity index is 1.39. The number of carbonyl (C=O) groups excluding carboxylic acids is 1. The Kier molecular flexibility index (Phi) is 4.46. The van der Waals surface area contributed by atoms with E-state index in [4.69, 9.17) is 0 Å². The van der Waals surface area contributed by atoms with Gasteiger partial charge in [-0.05, 0) is 42.5 Å². The van der Waals surface area contributed by atoms with Gasteiger partial charge in [-0.25, -0.2) is 4.98 Å². The maximum absolute atomic E-state index is 12.6. The lowest BCUT2D eigenvalue weighted by Gasteiger charge is -2.32. The van der Waals surface area contributed by atoms with Crippen LogP contribution in [0.15, 0.2) is 48.8 Å². The van der Waals surface area contributed by atoms with Crippen LogP contribution in [-0.4, -0.2) is 38.8 Å². The minimum absolute atomic E-state index is 0.197. The highest BCUT2D eigenvalue weighted by atomic mass is 16.2. The molecule has 1 aliphatic rings. The summed E-state index contributed by atoms with van der Waals surface area (Å²) in [5.74, 6) is 1.68. The lowest BCUT2D eigenvalue weighted by atomic mass is 9.94. The molecule has 0 spiro atoms. The van der Waals surface area contributed by atoms with E-state index in [0.717, 1.165) is 54.8 Å². The minimum atomic E-state index is 0.197. The van der Waals surface area contributed by atoms with Crippen molar-refractivity contribution >= 4 is 16.9 Å². The standard InChI is InChI=1S/C20H22N4O/c25-20(12-15-5-3-9-21-13-15)24-10-4-6-16(14-24)11-19-22-17-7-1-2-8-18(17)23-19/h1-3,5,7-9,13,16H,4,6,10-12,14H2,(H,22,23). The lowest BCUT2D eigenvalue weighted by Crippen LogP contribution is -2.41. The summed E-state index contributed by atoms with van der Waals surface area (Å²) < 4.78 is 0. The van der Waals surface area contributed by atoms with Crippen LogP contribution in [0.25, 0.3) is 11.0 Å². The molecule has 0 radical (unpaired) electrons. The average molecular weight is 334 g/mol. The number of para-hydroxylation sites is 2. The van der Waals surface area contributed by atoms with Crippen molar-refractivity contribution in [3.8, 4) is 0 Å². The Morgan fingerprint density at radius 1 is 1.24 bits per heavy atom. The molecule has 1 fully saturated rings. The van der Waals surface area contributed by atoms with Crippen molar-refractivity contribution in [2.75, 3.05) is 13.1 Å². The first kappa shape index (κ1) is 15.8. The lowest BCUT2D eigenvalue weighted by molar-refractivity contribution is -0.132. The number of imidazole rings is 1. The summed E-state index contributed by atoms with van der Waals surface area (Å²) in [5, 5.41) is 0. The molecule has 0 saturated carbocycles. The molecule has 128 valence electrons. The van der Waals surface area contributed by atoms with E-state index in [-0.39, 0.29) is 5.91 Å². The maximum atomic E-state index is 12.6. The van der Waals surface area contributed by atoms with Crippen LogP contribution in [0, 0.1) is 5.92 Å². The topological polar surface area (TPSA) is 61.9 Å². The molecule has 4 rings (SSSR count). The van der Waals surface area contributed by atoms with Gasteiger partial charge in [-0.1, -0.05) is 18.2 Å². The molecule has 1 saturated heterocycles. The van der Waals surface area contributed by atoms with E-state index >= 15 is 0 Å². The molecule has 5 nitrogen and oxygen atoms in total. The van der Waals surface area contributed by atoms with E-state index in [2.05, 4.69) is 21.0 Å². The van der Waals surface area contributed by atoms with Crippen LogP contribution in [0.5, 0.6) is 0 Å². The molecule has 1 unspecified atom stereocenters. The highest BCUT2D eigenvalue weighted by molar-refractivity contribution is 5.78. The van der Waals surface area contributed by atoms with Gasteiger partial charge in [0.2, 0.25) is 5.91 Å². The smallest absolute Gasteiger partial charge is 0.227 e. The third kappa shape index (κ3) is 3.71. The number of rotatable bonds is 4. The predicted molar refractivity (Wildman–Crippen MR) is 97.0 cm³/mol. The molecule has 1 N–H and O–H groups in total. The molecule has 0 aliphatic carbocycles. The highest BCUT2D eigenvalue weighted by Crippen LogP contribution is 2.22. The van der Waals surface area contributed by atoms with Crippen LogP contribution in [0.2, 0.25) is 0 Å². The van der Waals surface area contributed by atoms with Gasteiger partial charge in [-0.2, -0.15) is 0 Å². The van der Waals surface area contributed by atoms with E-state index in [9.17, 15) is 4.79 Å². The maximum Gasteiger partial charge on any atom is 0.227 e. The molecule has 1 aliphatic heterocycles. The molecule has 2 aromatic heterocycles. The van der Waals surface area contributed by atoms with Gasteiger partial charge in [0.1, 0.15) is 5.82 Å². The largest absolute Gasteiger partial charge is 0.342 e. The second-order valence-corrected chi connectivity index (χ2v) is 6.79. The van der Waals surface area contributed by atoms with Crippen molar-refractivity contribution in [1.82, 2.24) is 19.9 Å². The third-order valence-electron chi connectivity index (χ3n) is 4.87. The number of hydrogen-bond donors (Lipinski definition) is 1. The summed E-state index contributed by atoms with van der Waals surface area (Å²) in [7, 11) is 0. The Hall–Kier alpha value is -2.69. The number of pyridine rings is 1. The first-order valence-corrected chi connectivity index (χ1v) is 8.88. The molecular formula is C20H22N4O. The van der Waals surface area contributed by atoms with Gasteiger partial charge in [-0.3, -0.25) is 9.78 Å². The number of aromatic amines is 1. The van der Waals surface area contributed by atoms with Crippen LogP contribution in [0.1, 0.15) is 24.2 Å². The number of benzene rings is 1. The Labute approximate surface area is 147 Å². The molecule has 0 bridgehead atoms. The van der Waals surface area contributed by atoms with E-state index in [1.54, 1.807) is 12.4 Å². The average Bonchev–Trinajstić information content (AvgIpc) is 3.05. The molecule has 5 heteroatoms. The number of carbonyl (C=O) groups is 1. The summed E-state index contributed by atoms with van der Waals surface area (Å²) >= 11 is 0. The van der Waals surface area contributed by atoms with Gasteiger partial charge >= 0.3 is 0 Å². The molecule has 1 aromatic carbocycles. The SMILES string of the molecule is O=C(Cc1cccnc1)N1CCCC(Cc2nc3ccccc3[nH]2)C1. The second kappa shape index (κ2) is 7.05. The van der Waals surface area contributed by atoms with Gasteiger partial charge < -0.3 is 9.88 Å². The zero-order valence-electron chi connectivity index (χ0n) is 14.2. The molecule has 1 amide bonds. The summed E-state index contributed by atoms with van der Waals surface area (Å²) in [4.78, 5) is 26.8. The van der Waals surface area contributed by atoms with Crippen molar-refractivity contribution in [2.45, 2.75) is 25.7 Å². The van der Waals surface area contributed by atoms with E-state index in [0.29, 0.717) is 12.3 Å². The summed E-state index contributed by atoms with van der Waals surface area (Å²) in [6.45, 7) is 1.67. The molecular weight excluding hydrogens is 312 g/mol. The van der Waals surface area contributed by atoms with Crippen molar-refractivity contribution in [3.63, 3.8) is 0 Å². The van der Waals surface area contributed by atoms with Gasteiger partial charge in [-0.15, -0.1) is 0 Å². The normalized spacial score (nSPS) is 17.8. The van der Waals surface area contributed by atoms with E-state index < -0.39 is 0 Å². The predicted octanol–water partition coefficient (Wildman–Crippen LogP) is 2.98. The second-order valence-electron chi connectivity index (χ2n) is 6.79. The highest BCUT2D eigenvalue weighted by Gasteiger charge is 2.24. The summed E-state index contributed by atoms with van der Waals surface area (Å²) in [6, 6.07) is 11.9. The monoisotopic (exact) mass is 334 g/mol. The fraction of sp³-hybridized carbons (Fsp3) is 0.350. The van der Waals surface area contributed by atoms with Crippen LogP contribution in [0.4, 0.5) is 0 Å².